The van der Waals surface area contributed by atoms with E-state index in [4.69, 9.17) is 0 Å². The molecule has 3 rings (SSSR count). The van der Waals surface area contributed by atoms with Gasteiger partial charge in [0.2, 0.25) is 0 Å². The Kier molecular flexibility index (Phi) is 3.65. The zero-order chi connectivity index (χ0) is 12.6. The molecule has 1 heterocycles. The maximum absolute atomic E-state index is 9.64. The summed E-state index contributed by atoms with van der Waals surface area (Å²) in [6.45, 7) is 1.60. The van der Waals surface area contributed by atoms with E-state index < -0.39 is 0 Å². The Morgan fingerprint density at radius 2 is 2.06 bits per heavy atom. The highest BCUT2D eigenvalue weighted by atomic mass is 16.3. The molecule has 0 spiro atoms. The molecule has 3 fully saturated rings. The van der Waals surface area contributed by atoms with E-state index in [0.717, 1.165) is 30.8 Å². The molecular formula is C15H28N2O. The van der Waals surface area contributed by atoms with Crippen molar-refractivity contribution in [3.63, 3.8) is 0 Å². The third kappa shape index (κ3) is 2.10. The van der Waals surface area contributed by atoms with Crippen LogP contribution in [-0.4, -0.2) is 47.8 Å². The van der Waals surface area contributed by atoms with Gasteiger partial charge < -0.3 is 10.4 Å². The van der Waals surface area contributed by atoms with E-state index in [1.807, 2.05) is 7.05 Å². The Balaban J connectivity index is 1.68. The molecule has 0 bridgehead atoms. The van der Waals surface area contributed by atoms with Crippen LogP contribution in [0.5, 0.6) is 0 Å². The van der Waals surface area contributed by atoms with Crippen molar-refractivity contribution in [2.45, 2.75) is 69.0 Å². The van der Waals surface area contributed by atoms with Gasteiger partial charge >= 0.3 is 0 Å². The van der Waals surface area contributed by atoms with Crippen molar-refractivity contribution in [2.24, 2.45) is 5.92 Å². The zero-order valence-electron chi connectivity index (χ0n) is 11.7. The summed E-state index contributed by atoms with van der Waals surface area (Å²) in [6, 6.07) is 1.59. The number of hydrogen-bond donors (Lipinski definition) is 2. The van der Waals surface area contributed by atoms with Crippen LogP contribution in [0.2, 0.25) is 0 Å². The molecule has 1 saturated heterocycles. The minimum atomic E-state index is 0.0101. The molecule has 0 radical (unpaired) electrons. The normalized spacial score (nSPS) is 45.3. The molecule has 3 nitrogen and oxygen atoms in total. The molecular weight excluding hydrogens is 224 g/mol. The number of rotatable bonds is 3. The van der Waals surface area contributed by atoms with Crippen LogP contribution in [0, 0.1) is 5.92 Å². The second-order valence-corrected chi connectivity index (χ2v) is 6.72. The summed E-state index contributed by atoms with van der Waals surface area (Å²) in [5, 5.41) is 13.0. The predicted molar refractivity (Wildman–Crippen MR) is 73.6 cm³/mol. The van der Waals surface area contributed by atoms with Crippen molar-refractivity contribution in [1.82, 2.24) is 10.2 Å². The van der Waals surface area contributed by atoms with E-state index in [1.165, 1.54) is 45.1 Å². The van der Waals surface area contributed by atoms with E-state index >= 15 is 0 Å². The third-order valence-corrected chi connectivity index (χ3v) is 5.92. The van der Waals surface area contributed by atoms with E-state index in [2.05, 4.69) is 10.2 Å². The number of aliphatic hydroxyl groups excluding tert-OH is 1. The maximum atomic E-state index is 9.64. The van der Waals surface area contributed by atoms with Crippen LogP contribution >= 0.6 is 0 Å². The van der Waals surface area contributed by atoms with Gasteiger partial charge in [0, 0.05) is 17.6 Å². The first kappa shape index (κ1) is 12.9. The van der Waals surface area contributed by atoms with Crippen molar-refractivity contribution < 1.29 is 5.11 Å². The topological polar surface area (TPSA) is 35.5 Å². The van der Waals surface area contributed by atoms with Crippen LogP contribution in [0.4, 0.5) is 0 Å². The fourth-order valence-electron chi connectivity index (χ4n) is 4.78. The molecule has 4 unspecified atom stereocenters. The van der Waals surface area contributed by atoms with Crippen LogP contribution in [0.1, 0.15) is 51.4 Å². The highest BCUT2D eigenvalue weighted by molar-refractivity contribution is 5.02. The highest BCUT2D eigenvalue weighted by Crippen LogP contribution is 2.42. The average Bonchev–Trinajstić information content (AvgIpc) is 3.05. The summed E-state index contributed by atoms with van der Waals surface area (Å²) in [6.07, 6.45) is 10.7. The summed E-state index contributed by atoms with van der Waals surface area (Å²) in [5.41, 5.74) is 0.0101. The Bertz CT molecular complexity index is 290. The van der Waals surface area contributed by atoms with Crippen molar-refractivity contribution in [3.05, 3.63) is 0 Å². The van der Waals surface area contributed by atoms with Crippen LogP contribution in [0.25, 0.3) is 0 Å². The second-order valence-electron chi connectivity index (χ2n) is 6.72. The minimum absolute atomic E-state index is 0.0101. The minimum Gasteiger partial charge on any atom is -0.394 e. The van der Waals surface area contributed by atoms with Crippen LogP contribution in [0.15, 0.2) is 0 Å². The number of nitrogens with zero attached hydrogens (tertiary/aromatic N) is 1. The van der Waals surface area contributed by atoms with Crippen LogP contribution in [-0.2, 0) is 0 Å². The maximum Gasteiger partial charge on any atom is 0.0613 e. The Morgan fingerprint density at radius 1 is 1.22 bits per heavy atom. The smallest absolute Gasteiger partial charge is 0.0613 e. The molecule has 18 heavy (non-hydrogen) atoms. The second kappa shape index (κ2) is 5.10. The number of piperidine rings is 1. The quantitative estimate of drug-likeness (QED) is 0.803. The Labute approximate surface area is 111 Å². The lowest BCUT2D eigenvalue weighted by Crippen LogP contribution is -2.50. The van der Waals surface area contributed by atoms with Crippen molar-refractivity contribution >= 4 is 0 Å². The lowest BCUT2D eigenvalue weighted by molar-refractivity contribution is 0.0622. The van der Waals surface area contributed by atoms with Gasteiger partial charge in [-0.1, -0.05) is 6.42 Å². The summed E-state index contributed by atoms with van der Waals surface area (Å²) in [4.78, 5) is 2.82. The van der Waals surface area contributed by atoms with E-state index in [-0.39, 0.29) is 5.54 Å². The molecule has 0 aromatic carbocycles. The monoisotopic (exact) mass is 252 g/mol. The predicted octanol–water partition coefficient (Wildman–Crippen LogP) is 1.75. The van der Waals surface area contributed by atoms with Gasteiger partial charge in [0.1, 0.15) is 0 Å². The van der Waals surface area contributed by atoms with E-state index in [1.54, 1.807) is 0 Å². The molecule has 1 aliphatic heterocycles. The summed E-state index contributed by atoms with van der Waals surface area (Å²) < 4.78 is 0. The first-order valence-corrected chi connectivity index (χ1v) is 7.83. The van der Waals surface area contributed by atoms with Crippen LogP contribution < -0.4 is 5.32 Å². The molecule has 0 amide bonds. The molecule has 104 valence electrons. The molecule has 2 aliphatic carbocycles. The fraction of sp³-hybridized carbons (Fsp3) is 1.00. The third-order valence-electron chi connectivity index (χ3n) is 5.92. The van der Waals surface area contributed by atoms with Gasteiger partial charge in [0.05, 0.1) is 6.61 Å². The largest absolute Gasteiger partial charge is 0.394 e. The summed E-state index contributed by atoms with van der Waals surface area (Å²) in [7, 11) is 2.01. The van der Waals surface area contributed by atoms with Gasteiger partial charge in [-0.2, -0.15) is 0 Å². The zero-order valence-corrected chi connectivity index (χ0v) is 11.7. The first-order chi connectivity index (χ1) is 8.78. The van der Waals surface area contributed by atoms with E-state index in [9.17, 15) is 5.11 Å². The Morgan fingerprint density at radius 3 is 2.78 bits per heavy atom. The summed E-state index contributed by atoms with van der Waals surface area (Å²) in [5.74, 6) is 0.984. The number of nitrogens with one attached hydrogen (secondary N) is 1. The number of aliphatic hydroxyl groups is 1. The molecule has 2 saturated carbocycles. The standard InChI is InChI=1S/C15H28N2O/c1-16-15(11-18)8-7-13(10-15)17-9-3-5-12-4-2-6-14(12)17/h12-14,16,18H,2-11H2,1H3. The number of likely N-dealkylation sites (tertiary alicyclic amines) is 1. The van der Waals surface area contributed by atoms with Crippen LogP contribution in [0.3, 0.4) is 0 Å². The first-order valence-electron chi connectivity index (χ1n) is 7.83. The molecule has 0 aromatic heterocycles. The van der Waals surface area contributed by atoms with Gasteiger partial charge in [0.25, 0.3) is 0 Å². The van der Waals surface area contributed by atoms with Gasteiger partial charge in [-0.05, 0) is 64.5 Å². The van der Waals surface area contributed by atoms with Gasteiger partial charge in [0.15, 0.2) is 0 Å². The fourth-order valence-corrected chi connectivity index (χ4v) is 4.78. The average molecular weight is 252 g/mol. The SMILES string of the molecule is CNC1(CO)CCC(N2CCCC3CCCC32)C1. The van der Waals surface area contributed by atoms with Crippen molar-refractivity contribution in [3.8, 4) is 0 Å². The lowest BCUT2D eigenvalue weighted by atomic mass is 9.90. The molecule has 3 heteroatoms. The molecule has 0 aromatic rings. The van der Waals surface area contributed by atoms with Gasteiger partial charge in [-0.3, -0.25) is 4.90 Å². The molecule has 3 aliphatic rings. The highest BCUT2D eigenvalue weighted by Gasteiger charge is 2.44. The Hall–Kier alpha value is -0.120. The summed E-state index contributed by atoms with van der Waals surface area (Å²) >= 11 is 0. The van der Waals surface area contributed by atoms with Gasteiger partial charge in [-0.25, -0.2) is 0 Å². The molecule has 2 N–H and O–H groups in total. The number of likely N-dealkylation sites (N-methyl/N-ethyl adjacent to an activating group) is 1. The lowest BCUT2D eigenvalue weighted by Gasteiger charge is -2.42. The molecule has 4 atom stereocenters. The van der Waals surface area contributed by atoms with Crippen molar-refractivity contribution in [1.29, 1.82) is 0 Å². The van der Waals surface area contributed by atoms with Crippen molar-refractivity contribution in [2.75, 3.05) is 20.2 Å². The van der Waals surface area contributed by atoms with E-state index in [0.29, 0.717) is 6.61 Å². The van der Waals surface area contributed by atoms with Gasteiger partial charge in [-0.15, -0.1) is 0 Å². The number of hydrogen-bond acceptors (Lipinski definition) is 3. The number of fused-ring (bicyclic) bond motifs is 1.